The van der Waals surface area contributed by atoms with Crippen molar-refractivity contribution in [3.63, 3.8) is 0 Å². The number of ether oxygens (including phenoxy) is 1. The van der Waals surface area contributed by atoms with Crippen LogP contribution in [-0.2, 0) is 27.4 Å². The van der Waals surface area contributed by atoms with Crippen LogP contribution in [-0.4, -0.2) is 64.3 Å². The molecule has 1 aliphatic heterocycles. The van der Waals surface area contributed by atoms with Gasteiger partial charge in [0, 0.05) is 38.7 Å². The number of methoxy groups -OCH3 is 1. The lowest BCUT2D eigenvalue weighted by Crippen LogP contribution is -2.43. The summed E-state index contributed by atoms with van der Waals surface area (Å²) in [6.45, 7) is 1.20. The smallest absolute Gasteiger partial charge is 0.303 e. The first-order valence-electron chi connectivity index (χ1n) is 10.5. The number of benzene rings is 1. The van der Waals surface area contributed by atoms with Gasteiger partial charge in [-0.2, -0.15) is 11.8 Å². The number of aliphatic carboxylic acids is 1. The lowest BCUT2D eigenvalue weighted by atomic mass is 9.99. The maximum atomic E-state index is 12.4. The summed E-state index contributed by atoms with van der Waals surface area (Å²) in [4.78, 5) is 24.8. The largest absolute Gasteiger partial charge is 0.481 e. The van der Waals surface area contributed by atoms with E-state index in [4.69, 9.17) is 9.84 Å². The van der Waals surface area contributed by atoms with E-state index in [0.717, 1.165) is 35.5 Å². The van der Waals surface area contributed by atoms with Crippen LogP contribution >= 0.6 is 11.8 Å². The molecular formula is C23H33NO5S. The molecule has 1 aliphatic rings. The Morgan fingerprint density at radius 2 is 2.17 bits per heavy atom. The lowest BCUT2D eigenvalue weighted by Gasteiger charge is -2.34. The molecule has 0 saturated carbocycles. The number of carbonyl (C=O) groups is 2. The summed E-state index contributed by atoms with van der Waals surface area (Å²) in [5.74, 6) is 0.972. The molecule has 166 valence electrons. The number of aliphatic hydroxyl groups excluding tert-OH is 1. The van der Waals surface area contributed by atoms with Gasteiger partial charge >= 0.3 is 5.97 Å². The third-order valence-corrected chi connectivity index (χ3v) is 6.12. The van der Waals surface area contributed by atoms with Crippen molar-refractivity contribution in [1.29, 1.82) is 0 Å². The Balaban J connectivity index is 1.83. The first kappa shape index (κ1) is 24.4. The van der Waals surface area contributed by atoms with Crippen molar-refractivity contribution < 1.29 is 24.5 Å². The van der Waals surface area contributed by atoms with Gasteiger partial charge in [-0.05, 0) is 36.1 Å². The Labute approximate surface area is 183 Å². The summed E-state index contributed by atoms with van der Waals surface area (Å²) in [6, 6.07) is 8.02. The van der Waals surface area contributed by atoms with E-state index in [1.807, 2.05) is 35.2 Å². The maximum Gasteiger partial charge on any atom is 0.303 e. The summed E-state index contributed by atoms with van der Waals surface area (Å²) in [5, 5.41) is 19.1. The second kappa shape index (κ2) is 13.5. The minimum Gasteiger partial charge on any atom is -0.481 e. The second-order valence-electron chi connectivity index (χ2n) is 7.57. The standard InChI is InChI=1S/C23H33NO5S/c1-29-17-19-6-2-5-18(15-19)16-21(25)11-10-20-7-3-8-22(26)24(20)12-14-30-13-4-9-23(27)28/h2,5-6,10-11,15,20-21,25H,3-4,7-9,12-14,16-17H2,1H3,(H,27,28)/b11-10+/t20-,21-/m1/s1. The van der Waals surface area contributed by atoms with E-state index in [0.29, 0.717) is 32.4 Å². The second-order valence-corrected chi connectivity index (χ2v) is 8.79. The number of likely N-dealkylation sites (tertiary alicyclic amines) is 1. The predicted octanol–water partition coefficient (Wildman–Crippen LogP) is 3.27. The Bertz CT molecular complexity index is 709. The number of carbonyl (C=O) groups excluding carboxylic acids is 1. The third-order valence-electron chi connectivity index (χ3n) is 5.07. The van der Waals surface area contributed by atoms with E-state index in [1.54, 1.807) is 24.9 Å². The van der Waals surface area contributed by atoms with Gasteiger partial charge in [0.25, 0.3) is 0 Å². The van der Waals surface area contributed by atoms with Crippen LogP contribution in [0.1, 0.15) is 43.2 Å². The number of carboxylic acid groups (broad SMARTS) is 1. The fourth-order valence-electron chi connectivity index (χ4n) is 3.61. The van der Waals surface area contributed by atoms with Gasteiger partial charge < -0.3 is 19.8 Å². The Hall–Kier alpha value is -1.83. The minimum absolute atomic E-state index is 0.0142. The summed E-state index contributed by atoms with van der Waals surface area (Å²) in [5.41, 5.74) is 2.13. The molecule has 0 aliphatic carbocycles. The molecule has 0 spiro atoms. The van der Waals surface area contributed by atoms with Gasteiger partial charge in [-0.25, -0.2) is 0 Å². The van der Waals surface area contributed by atoms with Gasteiger partial charge in [-0.15, -0.1) is 0 Å². The predicted molar refractivity (Wildman–Crippen MR) is 120 cm³/mol. The molecule has 1 aromatic carbocycles. The van der Waals surface area contributed by atoms with E-state index in [2.05, 4.69) is 0 Å². The summed E-state index contributed by atoms with van der Waals surface area (Å²) in [7, 11) is 1.66. The van der Waals surface area contributed by atoms with Crippen LogP contribution in [0.15, 0.2) is 36.4 Å². The molecule has 0 bridgehead atoms. The highest BCUT2D eigenvalue weighted by atomic mass is 32.2. The van der Waals surface area contributed by atoms with Crippen molar-refractivity contribution in [2.45, 2.75) is 57.3 Å². The number of aliphatic hydroxyl groups is 1. The van der Waals surface area contributed by atoms with Crippen LogP contribution in [0, 0.1) is 0 Å². The normalized spacial score (nSPS) is 18.1. The molecule has 30 heavy (non-hydrogen) atoms. The van der Waals surface area contributed by atoms with E-state index >= 15 is 0 Å². The first-order valence-corrected chi connectivity index (χ1v) is 11.7. The Morgan fingerprint density at radius 1 is 1.37 bits per heavy atom. The Kier molecular flexibility index (Phi) is 11.0. The van der Waals surface area contributed by atoms with Crippen LogP contribution in [0.2, 0.25) is 0 Å². The molecule has 1 amide bonds. The van der Waals surface area contributed by atoms with E-state index in [9.17, 15) is 14.7 Å². The molecule has 2 rings (SSSR count). The van der Waals surface area contributed by atoms with Crippen molar-refractivity contribution in [3.8, 4) is 0 Å². The monoisotopic (exact) mass is 435 g/mol. The highest BCUT2D eigenvalue weighted by Crippen LogP contribution is 2.21. The topological polar surface area (TPSA) is 87.1 Å². The molecule has 1 aromatic rings. The SMILES string of the molecule is COCc1cccc(C[C@H](O)/C=C/[C@H]2CCCC(=O)N2CCSCCCC(=O)O)c1. The molecule has 6 nitrogen and oxygen atoms in total. The minimum atomic E-state index is -0.768. The third kappa shape index (κ3) is 8.90. The molecule has 2 atom stereocenters. The highest BCUT2D eigenvalue weighted by Gasteiger charge is 2.25. The Morgan fingerprint density at radius 3 is 2.93 bits per heavy atom. The van der Waals surface area contributed by atoms with Crippen molar-refractivity contribution in [1.82, 2.24) is 4.90 Å². The molecule has 2 N–H and O–H groups in total. The van der Waals surface area contributed by atoms with Gasteiger partial charge in [0.2, 0.25) is 5.91 Å². The molecule has 1 fully saturated rings. The van der Waals surface area contributed by atoms with Crippen molar-refractivity contribution in [3.05, 3.63) is 47.5 Å². The molecule has 0 unspecified atom stereocenters. The molecule has 0 aromatic heterocycles. The molecule has 7 heteroatoms. The van der Waals surface area contributed by atoms with Crippen molar-refractivity contribution in [2.24, 2.45) is 0 Å². The van der Waals surface area contributed by atoms with Crippen LogP contribution in [0.4, 0.5) is 0 Å². The summed E-state index contributed by atoms with van der Waals surface area (Å²) < 4.78 is 5.16. The van der Waals surface area contributed by atoms with Gasteiger partial charge in [0.1, 0.15) is 0 Å². The zero-order chi connectivity index (χ0) is 21.8. The van der Waals surface area contributed by atoms with Crippen molar-refractivity contribution in [2.75, 3.05) is 25.2 Å². The number of thioether (sulfide) groups is 1. The van der Waals surface area contributed by atoms with Crippen LogP contribution in [0.5, 0.6) is 0 Å². The number of piperidine rings is 1. The van der Waals surface area contributed by atoms with Crippen LogP contribution < -0.4 is 0 Å². The number of hydrogen-bond donors (Lipinski definition) is 2. The van der Waals surface area contributed by atoms with Gasteiger partial charge in [-0.1, -0.05) is 36.4 Å². The quantitative estimate of drug-likeness (QED) is 0.365. The van der Waals surface area contributed by atoms with Crippen LogP contribution in [0.25, 0.3) is 0 Å². The maximum absolute atomic E-state index is 12.4. The zero-order valence-corrected chi connectivity index (χ0v) is 18.5. The highest BCUT2D eigenvalue weighted by molar-refractivity contribution is 7.99. The number of amides is 1. The van der Waals surface area contributed by atoms with E-state index < -0.39 is 12.1 Å². The molecular weight excluding hydrogens is 402 g/mol. The van der Waals surface area contributed by atoms with Gasteiger partial charge in [0.05, 0.1) is 18.8 Å². The zero-order valence-electron chi connectivity index (χ0n) is 17.7. The van der Waals surface area contributed by atoms with Gasteiger partial charge in [-0.3, -0.25) is 9.59 Å². The number of rotatable bonds is 13. The van der Waals surface area contributed by atoms with Crippen molar-refractivity contribution >= 4 is 23.6 Å². The van der Waals surface area contributed by atoms with E-state index in [1.165, 1.54) is 0 Å². The average Bonchev–Trinajstić information content (AvgIpc) is 2.70. The molecule has 1 heterocycles. The van der Waals surface area contributed by atoms with Crippen LogP contribution in [0.3, 0.4) is 0 Å². The first-order chi connectivity index (χ1) is 14.5. The fourth-order valence-corrected chi connectivity index (χ4v) is 4.49. The lowest BCUT2D eigenvalue weighted by molar-refractivity contribution is -0.137. The summed E-state index contributed by atoms with van der Waals surface area (Å²) >= 11 is 1.68. The number of carboxylic acids is 1. The van der Waals surface area contributed by atoms with Gasteiger partial charge in [0.15, 0.2) is 0 Å². The molecule has 1 saturated heterocycles. The number of nitrogens with zero attached hydrogens (tertiary/aromatic N) is 1. The van der Waals surface area contributed by atoms with E-state index in [-0.39, 0.29) is 18.4 Å². The number of hydrogen-bond acceptors (Lipinski definition) is 5. The summed E-state index contributed by atoms with van der Waals surface area (Å²) in [6.07, 6.45) is 6.87. The molecule has 0 radical (unpaired) electrons. The fraction of sp³-hybridized carbons (Fsp3) is 0.565. The average molecular weight is 436 g/mol.